The van der Waals surface area contributed by atoms with Crippen molar-refractivity contribution in [1.29, 1.82) is 0 Å². The van der Waals surface area contributed by atoms with Gasteiger partial charge in [-0.2, -0.15) is 0 Å². The Morgan fingerprint density at radius 2 is 2.19 bits per heavy atom. The largest absolute Gasteiger partial charge is 0.338 e. The SMILES string of the molecule is CC(C)(C)C(CCN)CCC(=O)N1CCc2sccc2C1. The van der Waals surface area contributed by atoms with Gasteiger partial charge in [-0.1, -0.05) is 20.8 Å². The number of fused-ring (bicyclic) bond motifs is 1. The average molecular weight is 308 g/mol. The molecule has 1 aromatic heterocycles. The van der Waals surface area contributed by atoms with Crippen molar-refractivity contribution in [2.45, 2.75) is 53.0 Å². The summed E-state index contributed by atoms with van der Waals surface area (Å²) in [6, 6.07) is 2.16. The molecule has 1 unspecified atom stereocenters. The molecule has 3 nitrogen and oxygen atoms in total. The summed E-state index contributed by atoms with van der Waals surface area (Å²) >= 11 is 1.82. The van der Waals surface area contributed by atoms with Crippen molar-refractivity contribution in [3.8, 4) is 0 Å². The Morgan fingerprint density at radius 1 is 1.43 bits per heavy atom. The zero-order valence-electron chi connectivity index (χ0n) is 13.5. The Morgan fingerprint density at radius 3 is 2.86 bits per heavy atom. The Kier molecular flexibility index (Phi) is 5.44. The molecule has 0 saturated heterocycles. The van der Waals surface area contributed by atoms with E-state index in [2.05, 4.69) is 32.2 Å². The van der Waals surface area contributed by atoms with Gasteiger partial charge in [-0.05, 0) is 54.1 Å². The van der Waals surface area contributed by atoms with Crippen LogP contribution >= 0.6 is 11.3 Å². The molecule has 1 atom stereocenters. The Labute approximate surface area is 132 Å². The molecule has 0 aliphatic carbocycles. The monoisotopic (exact) mass is 308 g/mol. The number of nitrogens with two attached hydrogens (primary N) is 1. The molecular formula is C17H28N2OS. The van der Waals surface area contributed by atoms with Gasteiger partial charge in [0.1, 0.15) is 0 Å². The van der Waals surface area contributed by atoms with Gasteiger partial charge in [0.15, 0.2) is 0 Å². The molecule has 2 rings (SSSR count). The van der Waals surface area contributed by atoms with E-state index in [0.29, 0.717) is 24.8 Å². The molecule has 0 aromatic carbocycles. The molecule has 0 fully saturated rings. The van der Waals surface area contributed by atoms with E-state index >= 15 is 0 Å². The lowest BCUT2D eigenvalue weighted by Crippen LogP contribution is -2.36. The summed E-state index contributed by atoms with van der Waals surface area (Å²) in [5, 5.41) is 2.13. The minimum Gasteiger partial charge on any atom is -0.338 e. The minimum atomic E-state index is 0.224. The number of rotatable bonds is 5. The maximum atomic E-state index is 12.5. The van der Waals surface area contributed by atoms with Crippen molar-refractivity contribution in [2.24, 2.45) is 17.1 Å². The van der Waals surface area contributed by atoms with Crippen LogP contribution in [-0.2, 0) is 17.8 Å². The number of carbonyl (C=O) groups excluding carboxylic acids is 1. The van der Waals surface area contributed by atoms with E-state index in [1.807, 2.05) is 16.2 Å². The van der Waals surface area contributed by atoms with Gasteiger partial charge in [-0.25, -0.2) is 0 Å². The predicted molar refractivity (Wildman–Crippen MR) is 89.3 cm³/mol. The first-order valence-electron chi connectivity index (χ1n) is 7.95. The van der Waals surface area contributed by atoms with Gasteiger partial charge in [-0.15, -0.1) is 11.3 Å². The second kappa shape index (κ2) is 6.93. The minimum absolute atomic E-state index is 0.224. The first-order chi connectivity index (χ1) is 9.91. The summed E-state index contributed by atoms with van der Waals surface area (Å²) in [5.41, 5.74) is 7.29. The summed E-state index contributed by atoms with van der Waals surface area (Å²) in [5.74, 6) is 0.825. The second-order valence-corrected chi connectivity index (χ2v) is 8.11. The maximum Gasteiger partial charge on any atom is 0.222 e. The Hall–Kier alpha value is -0.870. The number of nitrogens with zero attached hydrogens (tertiary/aromatic N) is 1. The second-order valence-electron chi connectivity index (χ2n) is 7.11. The maximum absolute atomic E-state index is 12.5. The molecule has 1 aliphatic rings. The molecule has 2 heterocycles. The van der Waals surface area contributed by atoms with Crippen molar-refractivity contribution in [1.82, 2.24) is 4.90 Å². The van der Waals surface area contributed by atoms with Crippen LogP contribution in [0.2, 0.25) is 0 Å². The first kappa shape index (κ1) is 16.5. The number of amides is 1. The number of hydrogen-bond donors (Lipinski definition) is 1. The number of thiophene rings is 1. The van der Waals surface area contributed by atoms with Gasteiger partial charge >= 0.3 is 0 Å². The molecular weight excluding hydrogens is 280 g/mol. The van der Waals surface area contributed by atoms with E-state index in [4.69, 9.17) is 5.73 Å². The van der Waals surface area contributed by atoms with Crippen LogP contribution in [0.4, 0.5) is 0 Å². The van der Waals surface area contributed by atoms with Crippen LogP contribution in [0.1, 0.15) is 50.5 Å². The summed E-state index contributed by atoms with van der Waals surface area (Å²) in [6.07, 6.45) is 3.63. The molecule has 1 aromatic rings. The molecule has 4 heteroatoms. The quantitative estimate of drug-likeness (QED) is 0.906. The van der Waals surface area contributed by atoms with Crippen LogP contribution in [0.25, 0.3) is 0 Å². The molecule has 0 bridgehead atoms. The van der Waals surface area contributed by atoms with Crippen molar-refractivity contribution < 1.29 is 4.79 Å². The lowest BCUT2D eigenvalue weighted by atomic mass is 9.76. The van der Waals surface area contributed by atoms with Crippen LogP contribution in [0.5, 0.6) is 0 Å². The topological polar surface area (TPSA) is 46.3 Å². The van der Waals surface area contributed by atoms with Gasteiger partial charge in [-0.3, -0.25) is 4.79 Å². The van der Waals surface area contributed by atoms with Gasteiger partial charge in [0.25, 0.3) is 0 Å². The summed E-state index contributed by atoms with van der Waals surface area (Å²) in [4.78, 5) is 15.9. The zero-order valence-corrected chi connectivity index (χ0v) is 14.3. The molecule has 21 heavy (non-hydrogen) atoms. The van der Waals surface area contributed by atoms with E-state index < -0.39 is 0 Å². The zero-order chi connectivity index (χ0) is 15.5. The normalized spacial score (nSPS) is 16.7. The summed E-state index contributed by atoms with van der Waals surface area (Å²) in [7, 11) is 0. The Bertz CT molecular complexity index is 475. The summed E-state index contributed by atoms with van der Waals surface area (Å²) < 4.78 is 0. The highest BCUT2D eigenvalue weighted by Gasteiger charge is 2.26. The third-order valence-electron chi connectivity index (χ3n) is 4.61. The van der Waals surface area contributed by atoms with E-state index in [1.54, 1.807) is 0 Å². The fourth-order valence-corrected chi connectivity index (χ4v) is 4.02. The van der Waals surface area contributed by atoms with E-state index in [9.17, 15) is 4.79 Å². The summed E-state index contributed by atoms with van der Waals surface area (Å²) in [6.45, 7) is 9.12. The average Bonchev–Trinajstić information content (AvgIpc) is 2.89. The molecule has 0 spiro atoms. The van der Waals surface area contributed by atoms with Gasteiger partial charge in [0.05, 0.1) is 0 Å². The fourth-order valence-electron chi connectivity index (χ4n) is 3.13. The van der Waals surface area contributed by atoms with Crippen molar-refractivity contribution >= 4 is 17.2 Å². The fraction of sp³-hybridized carbons (Fsp3) is 0.706. The molecule has 1 aliphatic heterocycles. The third kappa shape index (κ3) is 4.30. The smallest absolute Gasteiger partial charge is 0.222 e. The lowest BCUT2D eigenvalue weighted by molar-refractivity contribution is -0.132. The van der Waals surface area contributed by atoms with Crippen LogP contribution in [-0.4, -0.2) is 23.9 Å². The molecule has 1 amide bonds. The van der Waals surface area contributed by atoms with Crippen molar-refractivity contribution in [3.63, 3.8) is 0 Å². The molecule has 2 N–H and O–H groups in total. The highest BCUT2D eigenvalue weighted by Crippen LogP contribution is 2.32. The van der Waals surface area contributed by atoms with E-state index in [0.717, 1.165) is 32.4 Å². The third-order valence-corrected chi connectivity index (χ3v) is 5.63. The van der Waals surface area contributed by atoms with E-state index in [-0.39, 0.29) is 5.41 Å². The lowest BCUT2D eigenvalue weighted by Gasteiger charge is -2.32. The molecule has 0 saturated carbocycles. The standard InChI is InChI=1S/C17H28N2OS/c1-17(2,3)14(6-9-18)4-5-16(20)19-10-7-15-13(12-19)8-11-21-15/h8,11,14H,4-7,9-10,12,18H2,1-3H3. The van der Waals surface area contributed by atoms with E-state index in [1.165, 1.54) is 10.4 Å². The molecule has 118 valence electrons. The highest BCUT2D eigenvalue weighted by atomic mass is 32.1. The van der Waals surface area contributed by atoms with Gasteiger partial charge in [0, 0.05) is 24.4 Å². The van der Waals surface area contributed by atoms with Crippen LogP contribution < -0.4 is 5.73 Å². The number of carbonyl (C=O) groups is 1. The number of hydrogen-bond acceptors (Lipinski definition) is 3. The molecule has 0 radical (unpaired) electrons. The van der Waals surface area contributed by atoms with Crippen LogP contribution in [0, 0.1) is 11.3 Å². The van der Waals surface area contributed by atoms with Gasteiger partial charge < -0.3 is 10.6 Å². The first-order valence-corrected chi connectivity index (χ1v) is 8.83. The van der Waals surface area contributed by atoms with Crippen LogP contribution in [0.3, 0.4) is 0 Å². The van der Waals surface area contributed by atoms with Crippen LogP contribution in [0.15, 0.2) is 11.4 Å². The predicted octanol–water partition coefficient (Wildman–Crippen LogP) is 3.42. The highest BCUT2D eigenvalue weighted by molar-refractivity contribution is 7.10. The Balaban J connectivity index is 1.87. The van der Waals surface area contributed by atoms with Crippen molar-refractivity contribution in [2.75, 3.05) is 13.1 Å². The van der Waals surface area contributed by atoms with Gasteiger partial charge in [0.2, 0.25) is 5.91 Å². The van der Waals surface area contributed by atoms with Crippen molar-refractivity contribution in [3.05, 3.63) is 21.9 Å².